The predicted octanol–water partition coefficient (Wildman–Crippen LogP) is 3.61. The van der Waals surface area contributed by atoms with Gasteiger partial charge in [-0.3, -0.25) is 14.8 Å². The number of hydrogen-bond acceptors (Lipinski definition) is 5. The van der Waals surface area contributed by atoms with Crippen molar-refractivity contribution in [1.82, 2.24) is 29.5 Å². The molecule has 1 aliphatic carbocycles. The molecule has 1 fully saturated rings. The molecule has 1 saturated carbocycles. The molecule has 4 aromatic heterocycles. The largest absolute Gasteiger partial charge is 0.418 e. The molecule has 0 saturated heterocycles. The summed E-state index contributed by atoms with van der Waals surface area (Å²) in [6.45, 7) is 0. The molecule has 1 aromatic carbocycles. The Morgan fingerprint density at radius 1 is 1.06 bits per heavy atom. The van der Waals surface area contributed by atoms with E-state index in [2.05, 4.69) is 25.0 Å². The van der Waals surface area contributed by atoms with Gasteiger partial charge >= 0.3 is 11.9 Å². The number of nitrogens with one attached hydrogen (secondary N) is 2. The van der Waals surface area contributed by atoms with Crippen LogP contribution in [0, 0.1) is 0 Å². The average molecular weight is 464 g/mol. The number of rotatable bonds is 3. The van der Waals surface area contributed by atoms with E-state index in [1.807, 2.05) is 0 Å². The molecule has 2 N–H and O–H groups in total. The lowest BCUT2D eigenvalue weighted by molar-refractivity contribution is -0.136. The van der Waals surface area contributed by atoms with E-state index in [0.29, 0.717) is 28.7 Å². The number of fused-ring (bicyclic) bond motifs is 2. The van der Waals surface area contributed by atoms with Gasteiger partial charge < -0.3 is 4.98 Å². The SMILES string of the molecule is O=c1[nH]cc(-c2cc([C@H]3C[C@@H]3c3cc(C(F)(F)F)c4ncccc4c3)c3nccn3n2)c(=O)[nH]1. The number of halogens is 3. The summed E-state index contributed by atoms with van der Waals surface area (Å²) in [5, 5.41) is 4.84. The highest BCUT2D eigenvalue weighted by atomic mass is 19.4. The van der Waals surface area contributed by atoms with Crippen molar-refractivity contribution in [1.29, 1.82) is 0 Å². The van der Waals surface area contributed by atoms with E-state index in [4.69, 9.17) is 0 Å². The van der Waals surface area contributed by atoms with Gasteiger partial charge in [-0.1, -0.05) is 6.07 Å². The summed E-state index contributed by atoms with van der Waals surface area (Å²) in [7, 11) is 0. The number of nitrogens with zero attached hydrogens (tertiary/aromatic N) is 4. The van der Waals surface area contributed by atoms with Gasteiger partial charge in [-0.15, -0.1) is 0 Å². The lowest BCUT2D eigenvalue weighted by atomic mass is 9.99. The fourth-order valence-corrected chi connectivity index (χ4v) is 4.50. The fourth-order valence-electron chi connectivity index (χ4n) is 4.50. The summed E-state index contributed by atoms with van der Waals surface area (Å²) in [5.41, 5.74) is 0.343. The van der Waals surface area contributed by atoms with E-state index in [9.17, 15) is 22.8 Å². The molecule has 0 amide bonds. The van der Waals surface area contributed by atoms with Crippen molar-refractivity contribution in [3.05, 3.63) is 92.6 Å². The van der Waals surface area contributed by atoms with Crippen LogP contribution < -0.4 is 11.2 Å². The van der Waals surface area contributed by atoms with Gasteiger partial charge in [0.15, 0.2) is 5.65 Å². The minimum Gasteiger partial charge on any atom is -0.313 e. The number of aromatic amines is 2. The molecule has 6 rings (SSSR count). The maximum absolute atomic E-state index is 13.8. The van der Waals surface area contributed by atoms with Crippen LogP contribution in [0.3, 0.4) is 0 Å². The van der Waals surface area contributed by atoms with Gasteiger partial charge in [-0.2, -0.15) is 18.3 Å². The standard InChI is InChI=1S/C23H15F3N6O2/c24-23(25,26)17-7-12(6-11-2-1-3-27-19(11)17)13-8-14(13)15-9-18(31-32-5-4-28-20(15)32)16-10-29-22(34)30-21(16)33/h1-7,9-10,13-14H,8H2,(H2,29,30,33,34)/t13-,14+/m1/s1. The Hall–Kier alpha value is -4.28. The maximum atomic E-state index is 13.8. The second kappa shape index (κ2) is 7.11. The van der Waals surface area contributed by atoms with Gasteiger partial charge in [-0.25, -0.2) is 14.3 Å². The summed E-state index contributed by atoms with van der Waals surface area (Å²) >= 11 is 0. The molecule has 0 radical (unpaired) electrons. The maximum Gasteiger partial charge on any atom is 0.418 e. The molecule has 11 heteroatoms. The fraction of sp³-hybridized carbons (Fsp3) is 0.174. The minimum absolute atomic E-state index is 0.0740. The second-order valence-corrected chi connectivity index (χ2v) is 8.26. The van der Waals surface area contributed by atoms with Gasteiger partial charge in [0, 0.05) is 35.7 Å². The smallest absolute Gasteiger partial charge is 0.313 e. The Morgan fingerprint density at radius 2 is 1.91 bits per heavy atom. The van der Waals surface area contributed by atoms with Gasteiger partial charge in [-0.05, 0) is 48.1 Å². The Kier molecular flexibility index (Phi) is 4.25. The average Bonchev–Trinajstić information content (AvgIpc) is 3.45. The number of hydrogen-bond donors (Lipinski definition) is 2. The predicted molar refractivity (Wildman–Crippen MR) is 117 cm³/mol. The lowest BCUT2D eigenvalue weighted by Gasteiger charge is -2.13. The zero-order chi connectivity index (χ0) is 23.6. The Bertz CT molecular complexity index is 1700. The summed E-state index contributed by atoms with van der Waals surface area (Å²) in [4.78, 5) is 36.6. The van der Waals surface area contributed by atoms with Crippen molar-refractivity contribution in [3.8, 4) is 11.3 Å². The topological polar surface area (TPSA) is 109 Å². The van der Waals surface area contributed by atoms with Crippen molar-refractivity contribution in [2.45, 2.75) is 24.4 Å². The number of alkyl halides is 3. The minimum atomic E-state index is -4.53. The zero-order valence-corrected chi connectivity index (χ0v) is 17.3. The molecular formula is C23H15F3N6O2. The first-order valence-corrected chi connectivity index (χ1v) is 10.4. The molecule has 2 atom stereocenters. The quantitative estimate of drug-likeness (QED) is 0.424. The van der Waals surface area contributed by atoms with Crippen molar-refractivity contribution < 1.29 is 13.2 Å². The Morgan fingerprint density at radius 3 is 2.71 bits per heavy atom. The molecule has 170 valence electrons. The van der Waals surface area contributed by atoms with Crippen LogP contribution in [0.15, 0.2) is 64.7 Å². The Balaban J connectivity index is 1.46. The summed E-state index contributed by atoms with van der Waals surface area (Å²) in [5.74, 6) is -0.265. The van der Waals surface area contributed by atoms with Crippen LogP contribution >= 0.6 is 0 Å². The first-order chi connectivity index (χ1) is 16.3. The number of aromatic nitrogens is 6. The normalized spacial score (nSPS) is 18.0. The monoisotopic (exact) mass is 464 g/mol. The number of benzene rings is 1. The van der Waals surface area contributed by atoms with E-state index >= 15 is 0 Å². The third kappa shape index (κ3) is 3.28. The number of pyridine rings is 1. The van der Waals surface area contributed by atoms with Crippen LogP contribution in [-0.2, 0) is 6.18 Å². The van der Waals surface area contributed by atoms with Gasteiger partial charge in [0.25, 0.3) is 5.56 Å². The molecule has 0 bridgehead atoms. The molecule has 0 unspecified atom stereocenters. The van der Waals surface area contributed by atoms with Crippen molar-refractivity contribution >= 4 is 16.6 Å². The van der Waals surface area contributed by atoms with E-state index < -0.39 is 23.0 Å². The molecule has 0 aliphatic heterocycles. The van der Waals surface area contributed by atoms with Crippen molar-refractivity contribution in [3.63, 3.8) is 0 Å². The van der Waals surface area contributed by atoms with Crippen LogP contribution in [0.4, 0.5) is 13.2 Å². The molecule has 4 heterocycles. The highest BCUT2D eigenvalue weighted by Gasteiger charge is 2.43. The second-order valence-electron chi connectivity index (χ2n) is 8.26. The van der Waals surface area contributed by atoms with Gasteiger partial charge in [0.05, 0.1) is 22.3 Å². The molecule has 34 heavy (non-hydrogen) atoms. The molecule has 0 spiro atoms. The molecule has 8 nitrogen and oxygen atoms in total. The highest BCUT2D eigenvalue weighted by Crippen LogP contribution is 2.56. The van der Waals surface area contributed by atoms with Crippen LogP contribution in [-0.4, -0.2) is 29.5 Å². The van der Waals surface area contributed by atoms with Crippen molar-refractivity contribution in [2.24, 2.45) is 0 Å². The summed E-state index contributed by atoms with van der Waals surface area (Å²) < 4.78 is 42.8. The third-order valence-electron chi connectivity index (χ3n) is 6.13. The third-order valence-corrected chi connectivity index (χ3v) is 6.13. The van der Waals surface area contributed by atoms with E-state index in [0.717, 1.165) is 5.56 Å². The van der Waals surface area contributed by atoms with Gasteiger partial charge in [0.2, 0.25) is 0 Å². The first kappa shape index (κ1) is 20.3. The highest BCUT2D eigenvalue weighted by molar-refractivity contribution is 5.83. The van der Waals surface area contributed by atoms with Crippen LogP contribution in [0.1, 0.15) is 34.9 Å². The first-order valence-electron chi connectivity index (χ1n) is 10.4. The molecule has 5 aromatic rings. The van der Waals surface area contributed by atoms with Crippen LogP contribution in [0.2, 0.25) is 0 Å². The molecule has 1 aliphatic rings. The Labute approximate surface area is 188 Å². The zero-order valence-electron chi connectivity index (χ0n) is 17.3. The molecular weight excluding hydrogens is 449 g/mol. The summed E-state index contributed by atoms with van der Waals surface area (Å²) in [6.07, 6.45) is 1.92. The van der Waals surface area contributed by atoms with Crippen LogP contribution in [0.25, 0.3) is 27.8 Å². The summed E-state index contributed by atoms with van der Waals surface area (Å²) in [6, 6.07) is 7.88. The number of imidazole rings is 1. The van der Waals surface area contributed by atoms with Gasteiger partial charge in [0.1, 0.15) is 0 Å². The van der Waals surface area contributed by atoms with Crippen LogP contribution in [0.5, 0.6) is 0 Å². The van der Waals surface area contributed by atoms with Crippen molar-refractivity contribution in [2.75, 3.05) is 0 Å². The lowest BCUT2D eigenvalue weighted by Crippen LogP contribution is -2.23. The van der Waals surface area contributed by atoms with E-state index in [-0.39, 0.29) is 22.9 Å². The van der Waals surface area contributed by atoms with E-state index in [1.54, 1.807) is 36.7 Å². The number of H-pyrrole nitrogens is 2. The van der Waals surface area contributed by atoms with E-state index in [1.165, 1.54) is 23.0 Å².